The van der Waals surface area contributed by atoms with E-state index in [2.05, 4.69) is 39.9 Å². The average molecular weight is 463 g/mol. The number of imidazole rings is 1. The van der Waals surface area contributed by atoms with Gasteiger partial charge < -0.3 is 25.0 Å². The van der Waals surface area contributed by atoms with Crippen molar-refractivity contribution in [3.63, 3.8) is 0 Å². The lowest BCUT2D eigenvalue weighted by Crippen LogP contribution is -2.34. The van der Waals surface area contributed by atoms with Gasteiger partial charge in [0.25, 0.3) is 5.91 Å². The Hall–Kier alpha value is -4.14. The predicted molar refractivity (Wildman–Crippen MR) is 124 cm³/mol. The summed E-state index contributed by atoms with van der Waals surface area (Å²) in [6, 6.07) is 15.8. The number of ether oxygens (including phenoxy) is 1. The van der Waals surface area contributed by atoms with E-state index in [0.717, 1.165) is 11.1 Å². The predicted octanol–water partition coefficient (Wildman–Crippen LogP) is 3.01. The Morgan fingerprint density at radius 1 is 1.09 bits per heavy atom. The third-order valence-electron chi connectivity index (χ3n) is 5.71. The van der Waals surface area contributed by atoms with Crippen molar-refractivity contribution in [3.8, 4) is 11.1 Å². The topological polar surface area (TPSA) is 123 Å². The van der Waals surface area contributed by atoms with Gasteiger partial charge in [-0.1, -0.05) is 48.5 Å². The Balaban J connectivity index is 1.24. The number of carboxylic acids is 1. The van der Waals surface area contributed by atoms with Crippen LogP contribution in [0.1, 0.15) is 40.9 Å². The van der Waals surface area contributed by atoms with Gasteiger partial charge in [-0.15, -0.1) is 0 Å². The second-order valence-corrected chi connectivity index (χ2v) is 8.22. The minimum atomic E-state index is -0.988. The summed E-state index contributed by atoms with van der Waals surface area (Å²) in [4.78, 5) is 39.2. The van der Waals surface area contributed by atoms with Gasteiger partial charge in [0.05, 0.1) is 12.7 Å². The first-order valence-corrected chi connectivity index (χ1v) is 11.1. The molecule has 34 heavy (non-hydrogen) atoms. The number of carbonyl (C=O) groups excluding carboxylic acids is 2. The smallest absolute Gasteiger partial charge is 0.407 e. The molecular weight excluding hydrogens is 436 g/mol. The molecule has 0 fully saturated rings. The van der Waals surface area contributed by atoms with Crippen LogP contribution < -0.4 is 10.6 Å². The van der Waals surface area contributed by atoms with Crippen molar-refractivity contribution >= 4 is 18.0 Å². The summed E-state index contributed by atoms with van der Waals surface area (Å²) in [5.74, 6) is -1.44. The van der Waals surface area contributed by atoms with E-state index in [0.29, 0.717) is 13.1 Å². The summed E-state index contributed by atoms with van der Waals surface area (Å²) >= 11 is 0. The first kappa shape index (κ1) is 23.0. The van der Waals surface area contributed by atoms with Gasteiger partial charge in [0.15, 0.2) is 0 Å². The summed E-state index contributed by atoms with van der Waals surface area (Å²) in [5.41, 5.74) is 4.82. The van der Waals surface area contributed by atoms with Gasteiger partial charge >= 0.3 is 12.1 Å². The molecule has 9 heteroatoms. The molecule has 0 radical (unpaired) electrons. The fraction of sp³-hybridized carbons (Fsp3) is 0.280. The lowest BCUT2D eigenvalue weighted by molar-refractivity contribution is -0.137. The van der Waals surface area contributed by atoms with E-state index in [1.54, 1.807) is 17.7 Å². The van der Waals surface area contributed by atoms with Crippen LogP contribution in [0.25, 0.3) is 11.1 Å². The van der Waals surface area contributed by atoms with Gasteiger partial charge in [0, 0.05) is 31.2 Å². The van der Waals surface area contributed by atoms with Crippen LogP contribution >= 0.6 is 0 Å². The zero-order valence-electron chi connectivity index (χ0n) is 18.7. The third-order valence-corrected chi connectivity index (χ3v) is 5.71. The maximum Gasteiger partial charge on any atom is 0.407 e. The molecule has 9 nitrogen and oxygen atoms in total. The number of aliphatic carboxylic acids is 1. The lowest BCUT2D eigenvalue weighted by atomic mass is 9.98. The molecule has 1 aromatic heterocycles. The number of nitrogens with zero attached hydrogens (tertiary/aromatic N) is 2. The van der Waals surface area contributed by atoms with Crippen LogP contribution in [0.2, 0.25) is 0 Å². The first-order valence-electron chi connectivity index (χ1n) is 11.1. The number of fused-ring (bicyclic) bond motifs is 3. The van der Waals surface area contributed by atoms with E-state index >= 15 is 0 Å². The van der Waals surface area contributed by atoms with E-state index in [1.165, 1.54) is 17.5 Å². The summed E-state index contributed by atoms with van der Waals surface area (Å²) in [5, 5.41) is 14.1. The fourth-order valence-electron chi connectivity index (χ4n) is 4.15. The molecule has 3 aromatic rings. The van der Waals surface area contributed by atoms with Crippen molar-refractivity contribution in [3.05, 3.63) is 77.9 Å². The number of nitrogens with one attached hydrogen (secondary N) is 2. The van der Waals surface area contributed by atoms with E-state index in [1.807, 2.05) is 24.3 Å². The fourth-order valence-corrected chi connectivity index (χ4v) is 4.15. The number of carbonyl (C=O) groups is 3. The Morgan fingerprint density at radius 2 is 1.74 bits per heavy atom. The van der Waals surface area contributed by atoms with E-state index in [-0.39, 0.29) is 24.6 Å². The molecule has 4 rings (SSSR count). The Labute approximate surface area is 196 Å². The summed E-state index contributed by atoms with van der Waals surface area (Å²) in [6.07, 6.45) is 2.34. The number of amides is 2. The molecule has 0 spiro atoms. The van der Waals surface area contributed by atoms with Crippen LogP contribution in [0.5, 0.6) is 0 Å². The van der Waals surface area contributed by atoms with Crippen LogP contribution in [0.3, 0.4) is 0 Å². The number of hydrogen-bond donors (Lipinski definition) is 3. The molecule has 3 N–H and O–H groups in total. The maximum absolute atomic E-state index is 12.3. The number of carboxylic acid groups (broad SMARTS) is 1. The molecular formula is C25H26N4O5. The van der Waals surface area contributed by atoms with Crippen LogP contribution in [0, 0.1) is 0 Å². The van der Waals surface area contributed by atoms with Crippen LogP contribution in [0.4, 0.5) is 4.79 Å². The summed E-state index contributed by atoms with van der Waals surface area (Å²) < 4.78 is 7.18. The molecule has 1 unspecified atom stereocenters. The molecule has 1 aliphatic carbocycles. The number of benzene rings is 2. The van der Waals surface area contributed by atoms with Crippen LogP contribution in [0.15, 0.2) is 61.1 Å². The van der Waals surface area contributed by atoms with E-state index in [4.69, 9.17) is 9.84 Å². The largest absolute Gasteiger partial charge is 0.481 e. The van der Waals surface area contributed by atoms with E-state index in [9.17, 15) is 14.4 Å². The summed E-state index contributed by atoms with van der Waals surface area (Å²) in [6.45, 7) is 2.55. The minimum absolute atomic E-state index is 0.00334. The lowest BCUT2D eigenvalue weighted by Gasteiger charge is -2.14. The van der Waals surface area contributed by atoms with Crippen molar-refractivity contribution < 1.29 is 24.2 Å². The SMILES string of the molecule is CC(CC(=O)O)NC(=O)c1cn(CCNC(=O)OCC2c3ccccc3-c3ccccc32)cn1. The van der Waals surface area contributed by atoms with Gasteiger partial charge in [-0.05, 0) is 29.2 Å². The molecule has 1 heterocycles. The maximum atomic E-state index is 12.3. The van der Waals surface area contributed by atoms with Crippen molar-refractivity contribution in [2.24, 2.45) is 0 Å². The van der Waals surface area contributed by atoms with Crippen molar-refractivity contribution in [2.45, 2.75) is 31.8 Å². The third kappa shape index (κ3) is 5.25. The van der Waals surface area contributed by atoms with Gasteiger partial charge in [0.2, 0.25) is 0 Å². The van der Waals surface area contributed by atoms with Crippen molar-refractivity contribution in [2.75, 3.05) is 13.2 Å². The van der Waals surface area contributed by atoms with Gasteiger partial charge in [0.1, 0.15) is 12.3 Å². The number of alkyl carbamates (subject to hydrolysis) is 1. The molecule has 0 saturated carbocycles. The first-order chi connectivity index (χ1) is 16.4. The molecule has 0 aliphatic heterocycles. The zero-order valence-corrected chi connectivity index (χ0v) is 18.7. The molecule has 0 saturated heterocycles. The molecule has 176 valence electrons. The Bertz CT molecular complexity index is 1160. The Kier molecular flexibility index (Phi) is 6.91. The standard InChI is InChI=1S/C25H26N4O5/c1-16(12-23(30)31)28-24(32)22-13-29(15-27-22)11-10-26-25(33)34-14-21-19-8-4-2-6-17(19)18-7-3-5-9-20(18)21/h2-9,13,15-16,21H,10-12,14H2,1H3,(H,26,33)(H,28,32)(H,30,31). The monoisotopic (exact) mass is 462 g/mol. The van der Waals surface area contributed by atoms with Crippen LogP contribution in [-0.4, -0.2) is 51.8 Å². The highest BCUT2D eigenvalue weighted by Crippen LogP contribution is 2.44. The summed E-state index contributed by atoms with van der Waals surface area (Å²) in [7, 11) is 0. The van der Waals surface area contributed by atoms with Crippen LogP contribution in [-0.2, 0) is 16.1 Å². The quantitative estimate of drug-likeness (QED) is 0.449. The highest BCUT2D eigenvalue weighted by molar-refractivity contribution is 5.92. The Morgan fingerprint density at radius 3 is 2.38 bits per heavy atom. The molecule has 1 aliphatic rings. The van der Waals surface area contributed by atoms with Crippen molar-refractivity contribution in [1.29, 1.82) is 0 Å². The van der Waals surface area contributed by atoms with Gasteiger partial charge in [-0.2, -0.15) is 0 Å². The highest BCUT2D eigenvalue weighted by Gasteiger charge is 2.28. The molecule has 1 atom stereocenters. The molecule has 2 amide bonds. The average Bonchev–Trinajstić information content (AvgIpc) is 3.40. The number of hydrogen-bond acceptors (Lipinski definition) is 5. The van der Waals surface area contributed by atoms with Gasteiger partial charge in [-0.3, -0.25) is 9.59 Å². The van der Waals surface area contributed by atoms with Gasteiger partial charge in [-0.25, -0.2) is 9.78 Å². The zero-order chi connectivity index (χ0) is 24.1. The second-order valence-electron chi connectivity index (χ2n) is 8.22. The normalized spacial score (nSPS) is 13.0. The molecule has 0 bridgehead atoms. The second kappa shape index (κ2) is 10.2. The molecule has 2 aromatic carbocycles. The minimum Gasteiger partial charge on any atom is -0.481 e. The van der Waals surface area contributed by atoms with E-state index < -0.39 is 24.0 Å². The number of rotatable bonds is 9. The highest BCUT2D eigenvalue weighted by atomic mass is 16.5. The number of aromatic nitrogens is 2. The van der Waals surface area contributed by atoms with Crippen molar-refractivity contribution in [1.82, 2.24) is 20.2 Å².